The van der Waals surface area contributed by atoms with Crippen LogP contribution in [-0.2, 0) is 18.4 Å². The number of phosphoric ester groups is 1. The maximum absolute atomic E-state index is 12.9. The molecule has 372 valence electrons. The predicted octanol–water partition coefficient (Wildman–Crippen LogP) is 14.9. The van der Waals surface area contributed by atoms with Crippen LogP contribution in [-0.4, -0.2) is 68.5 Å². The lowest BCUT2D eigenvalue weighted by atomic mass is 10.0. The number of aliphatic hydroxyl groups excluding tert-OH is 1. The summed E-state index contributed by atoms with van der Waals surface area (Å²) >= 11 is 0. The number of quaternary nitrogens is 1. The average Bonchev–Trinajstić information content (AvgIpc) is 3.25. The molecule has 9 heteroatoms. The topological polar surface area (TPSA) is 108 Å². The van der Waals surface area contributed by atoms with Gasteiger partial charge in [-0.2, -0.15) is 0 Å². The van der Waals surface area contributed by atoms with Gasteiger partial charge in [0.25, 0.3) is 7.82 Å². The zero-order valence-electron chi connectivity index (χ0n) is 42.2. The fraction of sp³-hybridized carbons (Fsp3) is 0.764. The first-order valence-electron chi connectivity index (χ1n) is 26.3. The predicted molar refractivity (Wildman–Crippen MR) is 274 cm³/mol. The molecule has 0 aliphatic carbocycles. The number of hydrogen-bond donors (Lipinski definition) is 2. The number of nitrogens with zero attached hydrogens (tertiary/aromatic N) is 1. The lowest BCUT2D eigenvalue weighted by molar-refractivity contribution is -0.870. The highest BCUT2D eigenvalue weighted by molar-refractivity contribution is 7.45. The summed E-state index contributed by atoms with van der Waals surface area (Å²) in [5, 5.41) is 13.8. The Balaban J connectivity index is 4.41. The summed E-state index contributed by atoms with van der Waals surface area (Å²) in [6.07, 6.45) is 62.5. The lowest BCUT2D eigenvalue weighted by Crippen LogP contribution is -2.45. The van der Waals surface area contributed by atoms with Gasteiger partial charge in [0.1, 0.15) is 13.2 Å². The molecule has 0 aromatic rings. The second kappa shape index (κ2) is 46.1. The van der Waals surface area contributed by atoms with Crippen molar-refractivity contribution >= 4 is 13.7 Å². The molecule has 3 unspecified atom stereocenters. The van der Waals surface area contributed by atoms with Crippen molar-refractivity contribution in [3.8, 4) is 0 Å². The number of rotatable bonds is 47. The normalized spacial score (nSPS) is 14.7. The third-order valence-electron chi connectivity index (χ3n) is 11.4. The van der Waals surface area contributed by atoms with E-state index in [9.17, 15) is 19.4 Å². The third-order valence-corrected chi connectivity index (χ3v) is 12.3. The SMILES string of the molecule is CCCCC/C=C\C/C=C\C/C=C\CCCCCCCCC(=O)NC(COP(=O)([O-])OCC[N+](C)(C)C)C(O)/C=C/CC/C=C/CC/C=C/CCCCCCCCCCCCCCC. The molecule has 0 heterocycles. The standard InChI is InChI=1S/C55H101N2O6P/c1-6-8-10-12-14-16-18-20-22-24-26-27-28-29-31-32-34-36-38-40-42-44-46-48-54(58)53(52-63-64(60,61)62-51-50-57(3,4)5)56-55(59)49-47-45-43-41-39-37-35-33-30-25-23-21-19-17-15-13-11-9-7-2/h15,17,21,23,30-33,38,40,46,48,53-54,58H,6-14,16,18-20,22,24-29,34-37,39,41-45,47,49-52H2,1-5H3,(H-,56,59,60,61)/b17-15-,23-21-,32-31+,33-30-,40-38+,48-46+. The molecule has 0 bridgehead atoms. The lowest BCUT2D eigenvalue weighted by Gasteiger charge is -2.29. The molecule has 0 aromatic heterocycles. The molecule has 2 N–H and O–H groups in total. The largest absolute Gasteiger partial charge is 0.756 e. The molecule has 0 radical (unpaired) electrons. The first-order valence-corrected chi connectivity index (χ1v) is 27.8. The van der Waals surface area contributed by atoms with Gasteiger partial charge < -0.3 is 28.8 Å². The average molecular weight is 917 g/mol. The first-order chi connectivity index (χ1) is 31.0. The van der Waals surface area contributed by atoms with E-state index in [0.717, 1.165) is 70.6 Å². The van der Waals surface area contributed by atoms with Crippen LogP contribution in [0.25, 0.3) is 0 Å². The van der Waals surface area contributed by atoms with Crippen LogP contribution in [0.3, 0.4) is 0 Å². The second-order valence-electron chi connectivity index (χ2n) is 18.9. The summed E-state index contributed by atoms with van der Waals surface area (Å²) in [5.41, 5.74) is 0. The zero-order valence-corrected chi connectivity index (χ0v) is 43.1. The van der Waals surface area contributed by atoms with Crippen molar-refractivity contribution in [3.05, 3.63) is 72.9 Å². The van der Waals surface area contributed by atoms with E-state index in [1.54, 1.807) is 6.08 Å². The Bertz CT molecular complexity index is 1270. The highest BCUT2D eigenvalue weighted by atomic mass is 31.2. The quantitative estimate of drug-likeness (QED) is 0.0272. The second-order valence-corrected chi connectivity index (χ2v) is 20.3. The van der Waals surface area contributed by atoms with Crippen LogP contribution in [0.2, 0.25) is 0 Å². The molecule has 0 spiro atoms. The summed E-state index contributed by atoms with van der Waals surface area (Å²) < 4.78 is 23.3. The smallest absolute Gasteiger partial charge is 0.268 e. The molecular formula is C55H101N2O6P. The summed E-state index contributed by atoms with van der Waals surface area (Å²) in [6.45, 7) is 4.58. The van der Waals surface area contributed by atoms with E-state index in [-0.39, 0.29) is 12.5 Å². The van der Waals surface area contributed by atoms with Gasteiger partial charge in [0.2, 0.25) is 5.91 Å². The number of aliphatic hydroxyl groups is 1. The minimum atomic E-state index is -4.61. The molecule has 0 saturated heterocycles. The van der Waals surface area contributed by atoms with Gasteiger partial charge in [-0.25, -0.2) is 0 Å². The molecule has 0 rings (SSSR count). The molecule has 0 aliphatic heterocycles. The van der Waals surface area contributed by atoms with Crippen LogP contribution in [0, 0.1) is 0 Å². The van der Waals surface area contributed by atoms with Gasteiger partial charge >= 0.3 is 0 Å². The van der Waals surface area contributed by atoms with E-state index in [4.69, 9.17) is 9.05 Å². The van der Waals surface area contributed by atoms with Gasteiger partial charge in [-0.1, -0.05) is 202 Å². The fourth-order valence-corrected chi connectivity index (χ4v) is 7.91. The summed E-state index contributed by atoms with van der Waals surface area (Å²) in [4.78, 5) is 25.4. The number of phosphoric acid groups is 1. The van der Waals surface area contributed by atoms with E-state index in [0.29, 0.717) is 17.4 Å². The van der Waals surface area contributed by atoms with Crippen molar-refractivity contribution in [3.63, 3.8) is 0 Å². The van der Waals surface area contributed by atoms with Gasteiger partial charge in [0.05, 0.1) is 39.9 Å². The van der Waals surface area contributed by atoms with Crippen LogP contribution in [0.4, 0.5) is 0 Å². The number of unbranched alkanes of at least 4 members (excludes halogenated alkanes) is 24. The van der Waals surface area contributed by atoms with Gasteiger partial charge in [0, 0.05) is 6.42 Å². The van der Waals surface area contributed by atoms with Crippen LogP contribution >= 0.6 is 7.82 Å². The minimum absolute atomic E-state index is 0.0149. The van der Waals surface area contributed by atoms with E-state index >= 15 is 0 Å². The van der Waals surface area contributed by atoms with Crippen LogP contribution in [0.1, 0.15) is 219 Å². The molecule has 1 amide bonds. The molecule has 0 aromatic carbocycles. The van der Waals surface area contributed by atoms with Gasteiger partial charge in [-0.15, -0.1) is 0 Å². The third kappa shape index (κ3) is 47.9. The van der Waals surface area contributed by atoms with E-state index in [1.807, 2.05) is 27.2 Å². The Morgan fingerprint density at radius 1 is 0.547 bits per heavy atom. The Morgan fingerprint density at radius 3 is 1.41 bits per heavy atom. The van der Waals surface area contributed by atoms with Crippen molar-refractivity contribution in [1.82, 2.24) is 5.32 Å². The van der Waals surface area contributed by atoms with Crippen molar-refractivity contribution in [1.29, 1.82) is 0 Å². The molecule has 64 heavy (non-hydrogen) atoms. The number of carbonyl (C=O) groups is 1. The van der Waals surface area contributed by atoms with Gasteiger partial charge in [0.15, 0.2) is 0 Å². The van der Waals surface area contributed by atoms with Gasteiger partial charge in [-0.3, -0.25) is 9.36 Å². The van der Waals surface area contributed by atoms with Crippen molar-refractivity contribution in [2.45, 2.75) is 231 Å². The van der Waals surface area contributed by atoms with E-state index in [1.165, 1.54) is 128 Å². The zero-order chi connectivity index (χ0) is 47.1. The van der Waals surface area contributed by atoms with E-state index < -0.39 is 26.6 Å². The molecule has 0 aliphatic rings. The molecule has 0 fully saturated rings. The monoisotopic (exact) mass is 917 g/mol. The number of likely N-dealkylation sites (N-methyl/N-ethyl adjacent to an activating group) is 1. The Morgan fingerprint density at radius 2 is 0.922 bits per heavy atom. The van der Waals surface area contributed by atoms with Gasteiger partial charge in [-0.05, 0) is 83.5 Å². The maximum atomic E-state index is 12.9. The van der Waals surface area contributed by atoms with Crippen molar-refractivity contribution in [2.75, 3.05) is 40.9 Å². The molecule has 3 atom stereocenters. The number of nitrogens with one attached hydrogen (secondary N) is 1. The number of amides is 1. The highest BCUT2D eigenvalue weighted by Gasteiger charge is 2.23. The van der Waals surface area contributed by atoms with Crippen LogP contribution < -0.4 is 10.2 Å². The Kier molecular flexibility index (Phi) is 44.6. The first kappa shape index (κ1) is 61.9. The van der Waals surface area contributed by atoms with Crippen molar-refractivity contribution in [2.24, 2.45) is 0 Å². The Hall–Kier alpha value is -2.06. The maximum Gasteiger partial charge on any atom is 0.268 e. The van der Waals surface area contributed by atoms with Crippen molar-refractivity contribution < 1.29 is 32.9 Å². The minimum Gasteiger partial charge on any atom is -0.756 e. The summed E-state index contributed by atoms with van der Waals surface area (Å²) in [7, 11) is 1.22. The number of carbonyl (C=O) groups excluding carboxylic acids is 1. The van der Waals surface area contributed by atoms with E-state index in [2.05, 4.69) is 79.9 Å². The Labute approximate surface area is 395 Å². The molecular weight excluding hydrogens is 816 g/mol. The molecule has 0 saturated carbocycles. The van der Waals surface area contributed by atoms with Crippen LogP contribution in [0.15, 0.2) is 72.9 Å². The number of hydrogen-bond acceptors (Lipinski definition) is 6. The fourth-order valence-electron chi connectivity index (χ4n) is 7.19. The highest BCUT2D eigenvalue weighted by Crippen LogP contribution is 2.38. The summed E-state index contributed by atoms with van der Waals surface area (Å²) in [6, 6.07) is -0.921. The number of allylic oxidation sites excluding steroid dienone is 11. The molecule has 8 nitrogen and oxygen atoms in total. The van der Waals surface area contributed by atoms with Crippen LogP contribution in [0.5, 0.6) is 0 Å². The summed E-state index contributed by atoms with van der Waals surface area (Å²) in [5.74, 6) is -0.226.